The number of methoxy groups -OCH3 is 2. The molecule has 0 saturated carbocycles. The molecular weight excluding hydrogens is 398 g/mol. The van der Waals surface area contributed by atoms with Crippen LogP contribution in [-0.4, -0.2) is 31.6 Å². The predicted octanol–water partition coefficient (Wildman–Crippen LogP) is 5.44. The molecule has 0 radical (unpaired) electrons. The molecule has 0 fully saturated rings. The highest BCUT2D eigenvalue weighted by molar-refractivity contribution is 7.17. The predicted molar refractivity (Wildman–Crippen MR) is 119 cm³/mol. The van der Waals surface area contributed by atoms with Crippen LogP contribution in [-0.2, 0) is 6.42 Å². The first kappa shape index (κ1) is 20.2. The normalized spacial score (nSPS) is 14.5. The maximum Gasteiger partial charge on any atom is 0.203 e. The van der Waals surface area contributed by atoms with Gasteiger partial charge in [0.15, 0.2) is 11.5 Å². The number of aromatic nitrogens is 1. The summed E-state index contributed by atoms with van der Waals surface area (Å²) in [5, 5.41) is 0.889. The number of hydrogen-bond acceptors (Lipinski definition) is 6. The number of rotatable bonds is 6. The molecule has 0 saturated heterocycles. The Morgan fingerprint density at radius 3 is 2.40 bits per heavy atom. The number of fused-ring (bicyclic) bond motifs is 1. The molecule has 2 aromatic carbocycles. The summed E-state index contributed by atoms with van der Waals surface area (Å²) in [6, 6.07) is 13.7. The molecule has 0 unspecified atom stereocenters. The topological polar surface area (TPSA) is 57.7 Å². The SMILES string of the molecule is CCOc1c(OC)cc(/C=C2/CCc3nc(-c4ccccc4)sc3C2=O)cc1OC. The van der Waals surface area contributed by atoms with Crippen LogP contribution in [0.5, 0.6) is 17.2 Å². The van der Waals surface area contributed by atoms with Crippen molar-refractivity contribution in [3.05, 3.63) is 64.2 Å². The Kier molecular flexibility index (Phi) is 5.86. The lowest BCUT2D eigenvalue weighted by Gasteiger charge is -2.16. The van der Waals surface area contributed by atoms with Gasteiger partial charge in [-0.05, 0) is 43.5 Å². The molecule has 0 atom stereocenters. The van der Waals surface area contributed by atoms with Crippen molar-refractivity contribution < 1.29 is 19.0 Å². The Morgan fingerprint density at radius 1 is 1.07 bits per heavy atom. The minimum Gasteiger partial charge on any atom is -0.493 e. The molecule has 0 N–H and O–H groups in total. The molecule has 1 aliphatic rings. The molecule has 0 bridgehead atoms. The van der Waals surface area contributed by atoms with Gasteiger partial charge in [0.05, 0.1) is 31.4 Å². The third-order valence-corrected chi connectivity index (χ3v) is 6.11. The summed E-state index contributed by atoms with van der Waals surface area (Å²) < 4.78 is 16.6. The molecule has 3 aromatic rings. The van der Waals surface area contributed by atoms with Gasteiger partial charge in [0.1, 0.15) is 5.01 Å². The van der Waals surface area contributed by atoms with Crippen LogP contribution < -0.4 is 14.2 Å². The van der Waals surface area contributed by atoms with E-state index >= 15 is 0 Å². The van der Waals surface area contributed by atoms with E-state index < -0.39 is 0 Å². The van der Waals surface area contributed by atoms with Crippen molar-refractivity contribution in [1.29, 1.82) is 0 Å². The van der Waals surface area contributed by atoms with E-state index in [1.165, 1.54) is 11.3 Å². The number of carbonyl (C=O) groups is 1. The van der Waals surface area contributed by atoms with Gasteiger partial charge >= 0.3 is 0 Å². The summed E-state index contributed by atoms with van der Waals surface area (Å²) in [6.45, 7) is 2.41. The number of hydrogen-bond donors (Lipinski definition) is 0. The Balaban J connectivity index is 1.68. The fraction of sp³-hybridized carbons (Fsp3) is 0.250. The number of ketones is 1. The number of ether oxygens (including phenoxy) is 3. The van der Waals surface area contributed by atoms with Crippen LogP contribution in [0.1, 0.15) is 34.3 Å². The second-order valence-electron chi connectivity index (χ2n) is 6.85. The monoisotopic (exact) mass is 421 g/mol. The molecule has 0 aliphatic heterocycles. The number of nitrogens with zero attached hydrogens (tertiary/aromatic N) is 1. The molecule has 0 amide bonds. The Labute approximate surface area is 179 Å². The summed E-state index contributed by atoms with van der Waals surface area (Å²) in [5.41, 5.74) is 3.53. The average molecular weight is 422 g/mol. The molecule has 1 aromatic heterocycles. The largest absolute Gasteiger partial charge is 0.493 e. The Bertz CT molecular complexity index is 1080. The first-order valence-corrected chi connectivity index (χ1v) is 10.7. The molecule has 0 spiro atoms. The fourth-order valence-electron chi connectivity index (χ4n) is 3.52. The summed E-state index contributed by atoms with van der Waals surface area (Å²) >= 11 is 1.46. The van der Waals surface area contributed by atoms with E-state index in [0.29, 0.717) is 30.3 Å². The van der Waals surface area contributed by atoms with Crippen LogP contribution in [0.25, 0.3) is 16.6 Å². The van der Waals surface area contributed by atoms with Crippen LogP contribution in [0.3, 0.4) is 0 Å². The van der Waals surface area contributed by atoms with Crippen LogP contribution in [0.4, 0.5) is 0 Å². The van der Waals surface area contributed by atoms with Crippen LogP contribution in [0.2, 0.25) is 0 Å². The average Bonchev–Trinajstić information content (AvgIpc) is 3.22. The van der Waals surface area contributed by atoms with E-state index in [9.17, 15) is 4.79 Å². The molecule has 6 heteroatoms. The maximum atomic E-state index is 13.2. The third kappa shape index (κ3) is 3.83. The fourth-order valence-corrected chi connectivity index (χ4v) is 4.62. The third-order valence-electron chi connectivity index (χ3n) is 4.96. The molecule has 5 nitrogen and oxygen atoms in total. The van der Waals surface area contributed by atoms with Crippen molar-refractivity contribution >= 4 is 23.2 Å². The van der Waals surface area contributed by atoms with Gasteiger partial charge in [-0.3, -0.25) is 4.79 Å². The van der Waals surface area contributed by atoms with Crippen molar-refractivity contribution in [3.63, 3.8) is 0 Å². The van der Waals surface area contributed by atoms with Gasteiger partial charge in [-0.25, -0.2) is 4.98 Å². The summed E-state index contributed by atoms with van der Waals surface area (Å²) in [7, 11) is 3.18. The zero-order chi connectivity index (χ0) is 21.1. The Morgan fingerprint density at radius 2 is 1.77 bits per heavy atom. The number of allylic oxidation sites excluding steroid dienone is 1. The highest BCUT2D eigenvalue weighted by atomic mass is 32.1. The standard InChI is InChI=1S/C24H23NO4S/c1-4-29-22-19(27-2)13-15(14-20(22)28-3)12-17-10-11-18-23(21(17)26)30-24(25-18)16-8-6-5-7-9-16/h5-9,12-14H,4,10-11H2,1-3H3/b17-12-. The van der Waals surface area contributed by atoms with Gasteiger partial charge in [-0.1, -0.05) is 30.3 Å². The lowest BCUT2D eigenvalue weighted by molar-refractivity contribution is 0.103. The van der Waals surface area contributed by atoms with E-state index in [0.717, 1.165) is 38.7 Å². The molecule has 30 heavy (non-hydrogen) atoms. The van der Waals surface area contributed by atoms with E-state index in [1.807, 2.05) is 55.5 Å². The van der Waals surface area contributed by atoms with Crippen LogP contribution >= 0.6 is 11.3 Å². The van der Waals surface area contributed by atoms with Crippen molar-refractivity contribution in [1.82, 2.24) is 4.98 Å². The Hall–Kier alpha value is -3.12. The smallest absolute Gasteiger partial charge is 0.203 e. The summed E-state index contributed by atoms with van der Waals surface area (Å²) in [5.74, 6) is 1.77. The molecule has 1 heterocycles. The first-order valence-electron chi connectivity index (χ1n) is 9.83. The molecular formula is C24H23NO4S. The summed E-state index contributed by atoms with van der Waals surface area (Å²) in [6.07, 6.45) is 3.32. The quantitative estimate of drug-likeness (QED) is 0.496. The van der Waals surface area contributed by atoms with Crippen molar-refractivity contribution in [2.75, 3.05) is 20.8 Å². The van der Waals surface area contributed by atoms with Crippen molar-refractivity contribution in [2.24, 2.45) is 0 Å². The van der Waals surface area contributed by atoms with Crippen LogP contribution in [0, 0.1) is 0 Å². The highest BCUT2D eigenvalue weighted by Crippen LogP contribution is 2.40. The van der Waals surface area contributed by atoms with Gasteiger partial charge in [0.2, 0.25) is 11.5 Å². The lowest BCUT2D eigenvalue weighted by atomic mass is 9.94. The van der Waals surface area contributed by atoms with Gasteiger partial charge in [-0.2, -0.15) is 0 Å². The zero-order valence-corrected chi connectivity index (χ0v) is 18.0. The minimum absolute atomic E-state index is 0.0442. The van der Waals surface area contributed by atoms with Gasteiger partial charge in [0.25, 0.3) is 0 Å². The second kappa shape index (κ2) is 8.71. The van der Waals surface area contributed by atoms with Crippen LogP contribution in [0.15, 0.2) is 48.0 Å². The first-order chi connectivity index (χ1) is 14.6. The van der Waals surface area contributed by atoms with Crippen molar-refractivity contribution in [3.8, 4) is 27.8 Å². The minimum atomic E-state index is 0.0442. The van der Waals surface area contributed by atoms with Gasteiger partial charge < -0.3 is 14.2 Å². The van der Waals surface area contributed by atoms with E-state index in [4.69, 9.17) is 19.2 Å². The summed E-state index contributed by atoms with van der Waals surface area (Å²) in [4.78, 5) is 18.6. The zero-order valence-electron chi connectivity index (χ0n) is 17.2. The number of thiazole rings is 1. The van der Waals surface area contributed by atoms with E-state index in [1.54, 1.807) is 14.2 Å². The van der Waals surface area contributed by atoms with E-state index in [2.05, 4.69) is 0 Å². The number of benzene rings is 2. The number of Topliss-reactive ketones (excluding diaryl/α,β-unsaturated/α-hetero) is 1. The number of carbonyl (C=O) groups excluding carboxylic acids is 1. The van der Waals surface area contributed by atoms with Gasteiger partial charge in [-0.15, -0.1) is 11.3 Å². The van der Waals surface area contributed by atoms with E-state index in [-0.39, 0.29) is 5.78 Å². The van der Waals surface area contributed by atoms with Crippen molar-refractivity contribution in [2.45, 2.75) is 19.8 Å². The maximum absolute atomic E-state index is 13.2. The lowest BCUT2D eigenvalue weighted by Crippen LogP contribution is -2.12. The second-order valence-corrected chi connectivity index (χ2v) is 7.85. The highest BCUT2D eigenvalue weighted by Gasteiger charge is 2.27. The molecule has 154 valence electrons. The van der Waals surface area contributed by atoms with Gasteiger partial charge in [0, 0.05) is 11.1 Å². The molecule has 4 rings (SSSR count). The molecule has 1 aliphatic carbocycles. The number of aryl methyl sites for hydroxylation is 1.